The quantitative estimate of drug-likeness (QED) is 0.919. The summed E-state index contributed by atoms with van der Waals surface area (Å²) < 4.78 is 11.8. The zero-order valence-corrected chi connectivity index (χ0v) is 14.7. The lowest BCUT2D eigenvalue weighted by molar-refractivity contribution is 0.0349. The van der Waals surface area contributed by atoms with Crippen LogP contribution in [-0.2, 0) is 6.42 Å². The number of benzene rings is 2. The Kier molecular flexibility index (Phi) is 3.60. The topological polar surface area (TPSA) is 50.8 Å². The number of hydrogen-bond donors (Lipinski definition) is 1. The molecule has 2 amide bonds. The number of amides is 2. The first kappa shape index (κ1) is 15.8. The van der Waals surface area contributed by atoms with Gasteiger partial charge in [0.15, 0.2) is 17.2 Å². The highest BCUT2D eigenvalue weighted by Gasteiger charge is 2.50. The normalized spacial score (nSPS) is 24.2. The van der Waals surface area contributed by atoms with E-state index in [1.807, 2.05) is 43.3 Å². The second-order valence-electron chi connectivity index (χ2n) is 6.72. The number of aryl methyl sites for hydroxylation is 1. The van der Waals surface area contributed by atoms with Crippen molar-refractivity contribution < 1.29 is 14.3 Å². The minimum Gasteiger partial charge on any atom is -0.493 e. The lowest BCUT2D eigenvalue weighted by Gasteiger charge is -2.50. The van der Waals surface area contributed by atoms with Gasteiger partial charge < -0.3 is 14.8 Å². The van der Waals surface area contributed by atoms with Gasteiger partial charge in [-0.15, -0.1) is 0 Å². The van der Waals surface area contributed by atoms with E-state index in [1.54, 1.807) is 12.0 Å². The van der Waals surface area contributed by atoms with Crippen LogP contribution in [0.1, 0.15) is 37.4 Å². The van der Waals surface area contributed by atoms with E-state index in [2.05, 4.69) is 18.3 Å². The molecule has 5 nitrogen and oxygen atoms in total. The van der Waals surface area contributed by atoms with Gasteiger partial charge in [0.2, 0.25) is 0 Å². The molecule has 2 aliphatic rings. The van der Waals surface area contributed by atoms with Gasteiger partial charge in [-0.1, -0.05) is 31.2 Å². The highest BCUT2D eigenvalue weighted by Crippen LogP contribution is 2.48. The highest BCUT2D eigenvalue weighted by atomic mass is 16.5. The minimum absolute atomic E-state index is 0.0815. The molecule has 1 N–H and O–H groups in total. The molecule has 2 aliphatic heterocycles. The van der Waals surface area contributed by atoms with Gasteiger partial charge in [-0.2, -0.15) is 0 Å². The number of rotatable bonds is 3. The largest absolute Gasteiger partial charge is 0.493 e. The molecule has 4 rings (SSSR count). The van der Waals surface area contributed by atoms with Crippen LogP contribution in [0.4, 0.5) is 10.5 Å². The van der Waals surface area contributed by atoms with Crippen molar-refractivity contribution in [1.29, 1.82) is 0 Å². The molecule has 130 valence electrons. The van der Waals surface area contributed by atoms with Gasteiger partial charge in [-0.05, 0) is 37.1 Å². The van der Waals surface area contributed by atoms with Crippen LogP contribution in [0.2, 0.25) is 0 Å². The summed E-state index contributed by atoms with van der Waals surface area (Å²) in [6.07, 6.45) is 1.59. The molecular weight excluding hydrogens is 316 g/mol. The molecule has 0 saturated carbocycles. The lowest BCUT2D eigenvalue weighted by atomic mass is 9.89. The number of carbonyl (C=O) groups is 1. The number of hydrogen-bond acceptors (Lipinski definition) is 3. The van der Waals surface area contributed by atoms with E-state index >= 15 is 0 Å². The van der Waals surface area contributed by atoms with Crippen molar-refractivity contribution in [3.8, 4) is 11.5 Å². The monoisotopic (exact) mass is 338 g/mol. The number of nitrogens with one attached hydrogen (secondary N) is 1. The third kappa shape index (κ3) is 2.42. The SMILES string of the molecule is CCc1cccc(N2C(=O)N[C@H]3C[C@]2(C)Oc2c(OC)cccc23)c1. The Morgan fingerprint density at radius 2 is 2.12 bits per heavy atom. The van der Waals surface area contributed by atoms with E-state index in [0.717, 1.165) is 17.7 Å². The Balaban J connectivity index is 1.81. The molecule has 0 unspecified atom stereocenters. The molecule has 0 radical (unpaired) electrons. The van der Waals surface area contributed by atoms with E-state index in [4.69, 9.17) is 9.47 Å². The number of carbonyl (C=O) groups excluding carboxylic acids is 1. The van der Waals surface area contributed by atoms with Crippen molar-refractivity contribution in [2.75, 3.05) is 12.0 Å². The molecule has 2 aromatic carbocycles. The zero-order chi connectivity index (χ0) is 17.6. The first-order chi connectivity index (χ1) is 12.1. The summed E-state index contributed by atoms with van der Waals surface area (Å²) in [5, 5.41) is 3.12. The first-order valence-corrected chi connectivity index (χ1v) is 8.61. The first-order valence-electron chi connectivity index (χ1n) is 8.61. The standard InChI is InChI=1S/C20H22N2O3/c1-4-13-7-5-8-14(11-13)22-19(23)21-16-12-20(22,2)25-18-15(16)9-6-10-17(18)24-3/h5-11,16H,4,12H2,1-3H3,(H,21,23)/t16-,20-/m0/s1. The molecule has 5 heteroatoms. The summed E-state index contributed by atoms with van der Waals surface area (Å²) in [7, 11) is 1.63. The number of urea groups is 1. The van der Waals surface area contributed by atoms with E-state index < -0.39 is 5.72 Å². The average Bonchev–Trinajstić information content (AvgIpc) is 2.60. The van der Waals surface area contributed by atoms with Crippen molar-refractivity contribution >= 4 is 11.7 Å². The van der Waals surface area contributed by atoms with Gasteiger partial charge in [0.1, 0.15) is 0 Å². The van der Waals surface area contributed by atoms with E-state index in [-0.39, 0.29) is 12.1 Å². The second kappa shape index (κ2) is 5.69. The third-order valence-corrected chi connectivity index (χ3v) is 5.06. The Morgan fingerprint density at radius 3 is 2.88 bits per heavy atom. The molecule has 2 atom stereocenters. The van der Waals surface area contributed by atoms with Gasteiger partial charge in [0, 0.05) is 17.7 Å². The van der Waals surface area contributed by atoms with Crippen LogP contribution in [0.3, 0.4) is 0 Å². The van der Waals surface area contributed by atoms with Crippen LogP contribution in [0.25, 0.3) is 0 Å². The number of fused-ring (bicyclic) bond motifs is 4. The fourth-order valence-corrected chi connectivity index (χ4v) is 3.83. The molecule has 2 bridgehead atoms. The minimum atomic E-state index is -0.763. The summed E-state index contributed by atoms with van der Waals surface area (Å²) in [6.45, 7) is 4.07. The van der Waals surface area contributed by atoms with Crippen LogP contribution in [-0.4, -0.2) is 18.9 Å². The van der Waals surface area contributed by atoms with Crippen LogP contribution >= 0.6 is 0 Å². The van der Waals surface area contributed by atoms with Crippen LogP contribution < -0.4 is 19.7 Å². The summed E-state index contributed by atoms with van der Waals surface area (Å²) in [4.78, 5) is 14.6. The Labute approximate surface area is 147 Å². The number of nitrogens with zero attached hydrogens (tertiary/aromatic N) is 1. The van der Waals surface area contributed by atoms with Crippen molar-refractivity contribution in [2.45, 2.75) is 38.5 Å². The molecule has 0 aliphatic carbocycles. The van der Waals surface area contributed by atoms with E-state index in [9.17, 15) is 4.79 Å². The molecule has 2 heterocycles. The van der Waals surface area contributed by atoms with Crippen molar-refractivity contribution in [3.63, 3.8) is 0 Å². The molecule has 2 aromatic rings. The average molecular weight is 338 g/mol. The smallest absolute Gasteiger partial charge is 0.325 e. The van der Waals surface area contributed by atoms with Crippen molar-refractivity contribution in [2.24, 2.45) is 0 Å². The lowest BCUT2D eigenvalue weighted by Crippen LogP contribution is -2.65. The van der Waals surface area contributed by atoms with Crippen LogP contribution in [0, 0.1) is 0 Å². The fraction of sp³-hybridized carbons (Fsp3) is 0.350. The predicted octanol–water partition coefficient (Wildman–Crippen LogP) is 4.03. The van der Waals surface area contributed by atoms with Gasteiger partial charge in [0.05, 0.1) is 13.2 Å². The van der Waals surface area contributed by atoms with Crippen LogP contribution in [0.5, 0.6) is 11.5 Å². The molecule has 0 aromatic heterocycles. The van der Waals surface area contributed by atoms with Gasteiger partial charge >= 0.3 is 6.03 Å². The molecule has 0 spiro atoms. The maximum atomic E-state index is 12.9. The third-order valence-electron chi connectivity index (χ3n) is 5.06. The van der Waals surface area contributed by atoms with E-state index in [0.29, 0.717) is 17.9 Å². The molecule has 1 saturated heterocycles. The Bertz CT molecular complexity index is 835. The predicted molar refractivity (Wildman–Crippen MR) is 96.2 cm³/mol. The maximum absolute atomic E-state index is 12.9. The molecule has 25 heavy (non-hydrogen) atoms. The summed E-state index contributed by atoms with van der Waals surface area (Å²) in [6, 6.07) is 13.6. The summed E-state index contributed by atoms with van der Waals surface area (Å²) in [5.41, 5.74) is 2.23. The van der Waals surface area contributed by atoms with Crippen LogP contribution in [0.15, 0.2) is 42.5 Å². The number of para-hydroxylation sites is 1. The van der Waals surface area contributed by atoms with Gasteiger partial charge in [0.25, 0.3) is 0 Å². The van der Waals surface area contributed by atoms with Crippen molar-refractivity contribution in [3.05, 3.63) is 53.6 Å². The maximum Gasteiger partial charge on any atom is 0.325 e. The number of methoxy groups -OCH3 is 1. The van der Waals surface area contributed by atoms with E-state index in [1.165, 1.54) is 5.56 Å². The van der Waals surface area contributed by atoms with Crippen molar-refractivity contribution in [1.82, 2.24) is 5.32 Å². The summed E-state index contributed by atoms with van der Waals surface area (Å²) >= 11 is 0. The Hall–Kier alpha value is -2.69. The highest BCUT2D eigenvalue weighted by molar-refractivity contribution is 5.95. The zero-order valence-electron chi connectivity index (χ0n) is 14.7. The second-order valence-corrected chi connectivity index (χ2v) is 6.72. The molecular formula is C20H22N2O3. The fourth-order valence-electron chi connectivity index (χ4n) is 3.83. The molecule has 1 fully saturated rings. The van der Waals surface area contributed by atoms with Gasteiger partial charge in [-0.3, -0.25) is 4.90 Å². The number of ether oxygens (including phenoxy) is 2. The number of anilines is 1. The summed E-state index contributed by atoms with van der Waals surface area (Å²) in [5.74, 6) is 1.40. The van der Waals surface area contributed by atoms with Gasteiger partial charge in [-0.25, -0.2) is 4.79 Å². The Morgan fingerprint density at radius 1 is 1.32 bits per heavy atom.